The van der Waals surface area contributed by atoms with Crippen molar-refractivity contribution < 1.29 is 14.7 Å². The second-order valence-corrected chi connectivity index (χ2v) is 7.16. The van der Waals surface area contributed by atoms with Gasteiger partial charge in [0.1, 0.15) is 16.2 Å². The normalized spacial score (nSPS) is 11.7. The highest BCUT2D eigenvalue weighted by Gasteiger charge is 2.28. The van der Waals surface area contributed by atoms with Crippen LogP contribution < -0.4 is 10.9 Å². The first kappa shape index (κ1) is 17.1. The molecular weight excluding hydrogens is 318 g/mol. The molecule has 0 spiro atoms. The summed E-state index contributed by atoms with van der Waals surface area (Å²) in [6.45, 7) is 6.64. The minimum absolute atomic E-state index is 0.0501. The highest BCUT2D eigenvalue weighted by Crippen LogP contribution is 2.25. The third-order valence-corrected chi connectivity index (χ3v) is 4.76. The first-order chi connectivity index (χ1) is 10.6. The maximum Gasteiger partial charge on any atom is 0.328 e. The Kier molecular flexibility index (Phi) is 4.56. The fourth-order valence-electron chi connectivity index (χ4n) is 2.11. The van der Waals surface area contributed by atoms with Gasteiger partial charge in [-0.25, -0.2) is 9.78 Å². The Hall–Kier alpha value is -2.22. The summed E-state index contributed by atoms with van der Waals surface area (Å²) in [5.74, 6) is -1.09. The predicted molar refractivity (Wildman–Crippen MR) is 87.9 cm³/mol. The number of aromatic amines is 1. The lowest BCUT2D eigenvalue weighted by molar-refractivity contribution is -0.146. The molecular formula is C15H19N3O4S. The van der Waals surface area contributed by atoms with Crippen molar-refractivity contribution in [2.45, 2.75) is 46.1 Å². The van der Waals surface area contributed by atoms with Gasteiger partial charge in [0.05, 0.1) is 5.39 Å². The van der Waals surface area contributed by atoms with Crippen molar-refractivity contribution in [3.8, 4) is 0 Å². The highest BCUT2D eigenvalue weighted by atomic mass is 32.1. The molecule has 0 fully saturated rings. The number of rotatable bonds is 5. The molecule has 0 radical (unpaired) electrons. The number of nitrogens with zero attached hydrogens (tertiary/aromatic N) is 1. The van der Waals surface area contributed by atoms with Gasteiger partial charge in [-0.05, 0) is 33.3 Å². The number of nitrogens with one attached hydrogen (secondary N) is 2. The molecule has 0 saturated heterocycles. The Labute approximate surface area is 136 Å². The molecule has 8 heteroatoms. The Morgan fingerprint density at radius 1 is 1.35 bits per heavy atom. The summed E-state index contributed by atoms with van der Waals surface area (Å²) < 4.78 is 0. The molecule has 3 N–H and O–H groups in total. The number of thiophene rings is 1. The van der Waals surface area contributed by atoms with Crippen LogP contribution in [-0.2, 0) is 16.0 Å². The summed E-state index contributed by atoms with van der Waals surface area (Å²) in [4.78, 5) is 43.7. The molecule has 0 aliphatic carbocycles. The van der Waals surface area contributed by atoms with Gasteiger partial charge in [0.15, 0.2) is 0 Å². The molecule has 2 aromatic heterocycles. The van der Waals surface area contributed by atoms with Crippen molar-refractivity contribution in [1.29, 1.82) is 0 Å². The number of aryl methyl sites for hydroxylation is 3. The molecule has 0 atom stereocenters. The van der Waals surface area contributed by atoms with Crippen molar-refractivity contribution in [2.24, 2.45) is 0 Å². The third-order valence-electron chi connectivity index (χ3n) is 3.66. The number of aromatic nitrogens is 2. The summed E-state index contributed by atoms with van der Waals surface area (Å²) in [6.07, 6.45) is 0.289. The zero-order valence-electron chi connectivity index (χ0n) is 13.4. The Morgan fingerprint density at radius 3 is 2.61 bits per heavy atom. The van der Waals surface area contributed by atoms with Crippen LogP contribution in [0.2, 0.25) is 0 Å². The lowest BCUT2D eigenvalue weighted by Gasteiger charge is -2.20. The average molecular weight is 337 g/mol. The second kappa shape index (κ2) is 6.11. The lowest BCUT2D eigenvalue weighted by Crippen LogP contribution is -2.49. The van der Waals surface area contributed by atoms with Crippen LogP contribution >= 0.6 is 11.3 Å². The molecule has 124 valence electrons. The van der Waals surface area contributed by atoms with Gasteiger partial charge in [0.25, 0.3) is 5.56 Å². The number of amides is 1. The maximum atomic E-state index is 12.1. The molecule has 23 heavy (non-hydrogen) atoms. The minimum atomic E-state index is -1.33. The van der Waals surface area contributed by atoms with Crippen LogP contribution in [0.25, 0.3) is 10.2 Å². The lowest BCUT2D eigenvalue weighted by atomic mass is 10.1. The third kappa shape index (κ3) is 3.58. The van der Waals surface area contributed by atoms with Gasteiger partial charge >= 0.3 is 5.97 Å². The maximum absolute atomic E-state index is 12.1. The van der Waals surface area contributed by atoms with E-state index < -0.39 is 17.4 Å². The van der Waals surface area contributed by atoms with E-state index in [9.17, 15) is 14.4 Å². The summed E-state index contributed by atoms with van der Waals surface area (Å²) in [5.41, 5.74) is -0.617. The van der Waals surface area contributed by atoms with Crippen molar-refractivity contribution in [3.05, 3.63) is 26.6 Å². The van der Waals surface area contributed by atoms with E-state index in [0.717, 1.165) is 10.4 Å². The second-order valence-electron chi connectivity index (χ2n) is 5.95. The molecule has 1 amide bonds. The Bertz CT molecular complexity index is 835. The SMILES string of the molecule is Cc1sc2nc(CCC(=O)NC(C)(C)C(=O)O)[nH]c(=O)c2c1C. The molecule has 2 heterocycles. The fraction of sp³-hybridized carbons (Fsp3) is 0.467. The number of hydrogen-bond acceptors (Lipinski definition) is 5. The van der Waals surface area contributed by atoms with Gasteiger partial charge in [0, 0.05) is 17.7 Å². The number of carboxylic acids is 1. The van der Waals surface area contributed by atoms with Gasteiger partial charge in [-0.1, -0.05) is 0 Å². The van der Waals surface area contributed by atoms with E-state index in [1.54, 1.807) is 0 Å². The first-order valence-corrected chi connectivity index (χ1v) is 7.97. The van der Waals surface area contributed by atoms with Gasteiger partial charge in [0.2, 0.25) is 5.91 Å². The molecule has 7 nitrogen and oxygen atoms in total. The van der Waals surface area contributed by atoms with Crippen LogP contribution in [0, 0.1) is 13.8 Å². The van der Waals surface area contributed by atoms with E-state index in [1.807, 2.05) is 13.8 Å². The summed E-state index contributed by atoms with van der Waals surface area (Å²) in [6, 6.07) is 0. The number of hydrogen-bond donors (Lipinski definition) is 3. The van der Waals surface area contributed by atoms with E-state index in [-0.39, 0.29) is 18.4 Å². The van der Waals surface area contributed by atoms with E-state index in [1.165, 1.54) is 25.2 Å². The monoisotopic (exact) mass is 337 g/mol. The van der Waals surface area contributed by atoms with Crippen molar-refractivity contribution >= 4 is 33.4 Å². The molecule has 0 aromatic carbocycles. The topological polar surface area (TPSA) is 112 Å². The van der Waals surface area contributed by atoms with Crippen molar-refractivity contribution in [3.63, 3.8) is 0 Å². The smallest absolute Gasteiger partial charge is 0.328 e. The summed E-state index contributed by atoms with van der Waals surface area (Å²) in [7, 11) is 0. The van der Waals surface area contributed by atoms with Crippen LogP contribution in [-0.4, -0.2) is 32.5 Å². The predicted octanol–water partition coefficient (Wildman–Crippen LogP) is 1.51. The summed E-state index contributed by atoms with van der Waals surface area (Å²) >= 11 is 1.45. The number of fused-ring (bicyclic) bond motifs is 1. The number of H-pyrrole nitrogens is 1. The van der Waals surface area contributed by atoms with Crippen LogP contribution in [0.1, 0.15) is 36.5 Å². The van der Waals surface area contributed by atoms with E-state index in [2.05, 4.69) is 15.3 Å². The number of aliphatic carboxylic acids is 1. The molecule has 0 unspecified atom stereocenters. The largest absolute Gasteiger partial charge is 0.480 e. The quantitative estimate of drug-likeness (QED) is 0.765. The zero-order valence-corrected chi connectivity index (χ0v) is 14.3. The number of carbonyl (C=O) groups is 2. The number of carbonyl (C=O) groups excluding carboxylic acids is 1. The molecule has 2 rings (SSSR count). The van der Waals surface area contributed by atoms with Crippen LogP contribution in [0.5, 0.6) is 0 Å². The first-order valence-electron chi connectivity index (χ1n) is 7.15. The van der Waals surface area contributed by atoms with Crippen molar-refractivity contribution in [1.82, 2.24) is 15.3 Å². The minimum Gasteiger partial charge on any atom is -0.480 e. The van der Waals surface area contributed by atoms with E-state index in [4.69, 9.17) is 5.11 Å². The highest BCUT2D eigenvalue weighted by molar-refractivity contribution is 7.18. The Morgan fingerprint density at radius 2 is 2.00 bits per heavy atom. The van der Waals surface area contributed by atoms with Gasteiger partial charge in [-0.15, -0.1) is 11.3 Å². The van der Waals surface area contributed by atoms with Crippen LogP contribution in [0.4, 0.5) is 0 Å². The Balaban J connectivity index is 2.13. The van der Waals surface area contributed by atoms with Crippen LogP contribution in [0.15, 0.2) is 4.79 Å². The molecule has 0 aliphatic heterocycles. The van der Waals surface area contributed by atoms with Crippen LogP contribution in [0.3, 0.4) is 0 Å². The number of carboxylic acid groups (broad SMARTS) is 1. The van der Waals surface area contributed by atoms with E-state index in [0.29, 0.717) is 16.0 Å². The zero-order chi connectivity index (χ0) is 17.4. The average Bonchev–Trinajstić information content (AvgIpc) is 2.71. The van der Waals surface area contributed by atoms with Gasteiger partial charge in [-0.3, -0.25) is 9.59 Å². The molecule has 0 bridgehead atoms. The molecule has 0 saturated carbocycles. The van der Waals surface area contributed by atoms with E-state index >= 15 is 0 Å². The standard InChI is InChI=1S/C15H19N3O4S/c1-7-8(2)23-13-11(7)12(20)16-9(17-13)5-6-10(19)18-15(3,4)14(21)22/h5-6H2,1-4H3,(H,18,19)(H,21,22)(H,16,17,20). The van der Waals surface area contributed by atoms with Gasteiger partial charge < -0.3 is 15.4 Å². The molecule has 0 aliphatic rings. The molecule has 2 aromatic rings. The fourth-order valence-corrected chi connectivity index (χ4v) is 3.16. The summed E-state index contributed by atoms with van der Waals surface area (Å²) in [5, 5.41) is 12.0. The van der Waals surface area contributed by atoms with Crippen molar-refractivity contribution in [2.75, 3.05) is 0 Å². The van der Waals surface area contributed by atoms with Gasteiger partial charge in [-0.2, -0.15) is 0 Å².